The van der Waals surface area contributed by atoms with Crippen LogP contribution < -0.4 is 25.2 Å². The predicted octanol–water partition coefficient (Wildman–Crippen LogP) is 2.95. The Balaban J connectivity index is 1.63. The Hall–Kier alpha value is -4.11. The second-order valence-corrected chi connectivity index (χ2v) is 7.87. The van der Waals surface area contributed by atoms with Gasteiger partial charge in [-0.25, -0.2) is 0 Å². The SMILES string of the molecule is O=C(Nc1cccc(C(=O)[O-])c1)/C(=C/c1ccc2c(c1)OCO2)NC(=O)c1ccc(Br)cc1. The molecular formula is C24H16BrN2O6-. The smallest absolute Gasteiger partial charge is 0.272 e. The van der Waals surface area contributed by atoms with Gasteiger partial charge in [0.05, 0.1) is 5.97 Å². The first-order valence-electron chi connectivity index (χ1n) is 9.70. The Kier molecular flexibility index (Phi) is 6.41. The molecule has 0 bridgehead atoms. The van der Waals surface area contributed by atoms with Crippen molar-refractivity contribution in [2.75, 3.05) is 12.1 Å². The number of fused-ring (bicyclic) bond motifs is 1. The number of halogens is 1. The molecule has 2 amide bonds. The first kappa shape index (κ1) is 22.1. The van der Waals surface area contributed by atoms with Crippen molar-refractivity contribution in [3.63, 3.8) is 0 Å². The molecule has 4 rings (SSSR count). The molecule has 1 aliphatic rings. The average Bonchev–Trinajstić information content (AvgIpc) is 3.27. The van der Waals surface area contributed by atoms with Crippen molar-refractivity contribution in [1.82, 2.24) is 5.32 Å². The van der Waals surface area contributed by atoms with Crippen LogP contribution in [0.3, 0.4) is 0 Å². The summed E-state index contributed by atoms with van der Waals surface area (Å²) >= 11 is 3.31. The van der Waals surface area contributed by atoms with E-state index < -0.39 is 17.8 Å². The zero-order chi connectivity index (χ0) is 23.4. The largest absolute Gasteiger partial charge is 0.545 e. The van der Waals surface area contributed by atoms with Gasteiger partial charge in [-0.3, -0.25) is 9.59 Å². The molecule has 0 spiro atoms. The molecule has 1 aliphatic heterocycles. The van der Waals surface area contributed by atoms with E-state index in [1.807, 2.05) is 0 Å². The van der Waals surface area contributed by atoms with E-state index in [9.17, 15) is 19.5 Å². The number of nitrogens with one attached hydrogen (secondary N) is 2. The number of aromatic carboxylic acids is 1. The topological polar surface area (TPSA) is 117 Å². The number of carboxylic acids is 1. The molecular weight excluding hydrogens is 492 g/mol. The molecule has 0 radical (unpaired) electrons. The van der Waals surface area contributed by atoms with E-state index in [1.165, 1.54) is 30.3 Å². The van der Waals surface area contributed by atoms with E-state index in [2.05, 4.69) is 26.6 Å². The molecule has 8 nitrogen and oxygen atoms in total. The van der Waals surface area contributed by atoms with Crippen LogP contribution in [0.15, 0.2) is 76.9 Å². The lowest BCUT2D eigenvalue weighted by Crippen LogP contribution is -2.31. The normalized spacial score (nSPS) is 12.2. The van der Waals surface area contributed by atoms with E-state index in [1.54, 1.807) is 42.5 Å². The van der Waals surface area contributed by atoms with Crippen LogP contribution in [0.1, 0.15) is 26.3 Å². The molecule has 0 saturated heterocycles. The number of carbonyl (C=O) groups excluding carboxylic acids is 3. The Morgan fingerprint density at radius 3 is 2.42 bits per heavy atom. The molecule has 0 atom stereocenters. The summed E-state index contributed by atoms with van der Waals surface area (Å²) in [5, 5.41) is 16.3. The van der Waals surface area contributed by atoms with Crippen LogP contribution in [0, 0.1) is 0 Å². The average molecular weight is 508 g/mol. The highest BCUT2D eigenvalue weighted by atomic mass is 79.9. The number of rotatable bonds is 6. The number of ether oxygens (including phenoxy) is 2. The van der Waals surface area contributed by atoms with Crippen LogP contribution in [0.25, 0.3) is 6.08 Å². The van der Waals surface area contributed by atoms with Gasteiger partial charge in [-0.2, -0.15) is 0 Å². The van der Waals surface area contributed by atoms with Crippen molar-refractivity contribution < 1.29 is 29.0 Å². The maximum absolute atomic E-state index is 13.0. The van der Waals surface area contributed by atoms with Crippen molar-refractivity contribution >= 4 is 45.5 Å². The second-order valence-electron chi connectivity index (χ2n) is 6.95. The molecule has 0 aromatic heterocycles. The summed E-state index contributed by atoms with van der Waals surface area (Å²) in [7, 11) is 0. The molecule has 2 N–H and O–H groups in total. The highest BCUT2D eigenvalue weighted by Gasteiger charge is 2.17. The fraction of sp³-hybridized carbons (Fsp3) is 0.0417. The standard InChI is InChI=1S/C24H17BrN2O6/c25-17-7-5-15(6-8-17)22(28)27-19(10-14-4-9-20-21(11-14)33-13-32-20)23(29)26-18-3-1-2-16(12-18)24(30)31/h1-12H,13H2,(H,26,29)(H,27,28)(H,30,31)/p-1/b19-10-. The van der Waals surface area contributed by atoms with Crippen LogP contribution in [0.2, 0.25) is 0 Å². The zero-order valence-corrected chi connectivity index (χ0v) is 18.5. The third kappa shape index (κ3) is 5.39. The molecule has 3 aromatic carbocycles. The fourth-order valence-corrected chi connectivity index (χ4v) is 3.31. The maximum Gasteiger partial charge on any atom is 0.272 e. The molecule has 3 aromatic rings. The number of hydrogen-bond donors (Lipinski definition) is 2. The first-order valence-corrected chi connectivity index (χ1v) is 10.5. The van der Waals surface area contributed by atoms with Gasteiger partial charge < -0.3 is 30.0 Å². The van der Waals surface area contributed by atoms with E-state index in [0.29, 0.717) is 22.6 Å². The molecule has 0 unspecified atom stereocenters. The molecule has 0 saturated carbocycles. The van der Waals surface area contributed by atoms with Crippen molar-refractivity contribution in [2.24, 2.45) is 0 Å². The third-order valence-electron chi connectivity index (χ3n) is 4.66. The third-order valence-corrected chi connectivity index (χ3v) is 5.19. The Bertz CT molecular complexity index is 1270. The first-order chi connectivity index (χ1) is 15.9. The highest BCUT2D eigenvalue weighted by Crippen LogP contribution is 2.33. The minimum absolute atomic E-state index is 0.0550. The number of amides is 2. The summed E-state index contributed by atoms with van der Waals surface area (Å²) in [5.41, 5.74) is 1.02. The van der Waals surface area contributed by atoms with Crippen molar-refractivity contribution in [3.8, 4) is 11.5 Å². The summed E-state index contributed by atoms with van der Waals surface area (Å²) in [5.74, 6) is -1.41. The van der Waals surface area contributed by atoms with Crippen LogP contribution in [0.4, 0.5) is 5.69 Å². The Labute approximate surface area is 197 Å². The van der Waals surface area contributed by atoms with Crippen LogP contribution in [-0.4, -0.2) is 24.6 Å². The summed E-state index contributed by atoms with van der Waals surface area (Å²) in [6.07, 6.45) is 1.48. The van der Waals surface area contributed by atoms with Gasteiger partial charge in [-0.05, 0) is 65.7 Å². The zero-order valence-electron chi connectivity index (χ0n) is 17.0. The van der Waals surface area contributed by atoms with E-state index in [-0.39, 0.29) is 23.7 Å². The molecule has 0 aliphatic carbocycles. The molecule has 33 heavy (non-hydrogen) atoms. The lowest BCUT2D eigenvalue weighted by atomic mass is 10.1. The summed E-state index contributed by atoms with van der Waals surface area (Å²) < 4.78 is 11.5. The van der Waals surface area contributed by atoms with Crippen molar-refractivity contribution in [2.45, 2.75) is 0 Å². The summed E-state index contributed by atoms with van der Waals surface area (Å²) in [4.78, 5) is 36.9. The number of carbonyl (C=O) groups is 3. The monoisotopic (exact) mass is 507 g/mol. The Morgan fingerprint density at radius 2 is 1.67 bits per heavy atom. The Morgan fingerprint density at radius 1 is 0.909 bits per heavy atom. The van der Waals surface area contributed by atoms with Gasteiger partial charge in [0.1, 0.15) is 5.70 Å². The predicted molar refractivity (Wildman–Crippen MR) is 122 cm³/mol. The number of benzene rings is 3. The highest BCUT2D eigenvalue weighted by molar-refractivity contribution is 9.10. The van der Waals surface area contributed by atoms with Gasteiger partial charge in [0.25, 0.3) is 11.8 Å². The van der Waals surface area contributed by atoms with Gasteiger partial charge in [-0.15, -0.1) is 0 Å². The van der Waals surface area contributed by atoms with E-state index >= 15 is 0 Å². The lowest BCUT2D eigenvalue weighted by molar-refractivity contribution is -0.255. The molecule has 0 fully saturated rings. The molecule has 166 valence electrons. The second kappa shape index (κ2) is 9.58. The van der Waals surface area contributed by atoms with E-state index in [0.717, 1.165) is 4.47 Å². The summed E-state index contributed by atoms with van der Waals surface area (Å²) in [6, 6.07) is 17.3. The van der Waals surface area contributed by atoms with Gasteiger partial charge >= 0.3 is 0 Å². The van der Waals surface area contributed by atoms with Gasteiger partial charge in [-0.1, -0.05) is 34.1 Å². The van der Waals surface area contributed by atoms with Gasteiger partial charge in [0.15, 0.2) is 11.5 Å². The van der Waals surface area contributed by atoms with Crippen LogP contribution in [-0.2, 0) is 4.79 Å². The number of anilines is 1. The van der Waals surface area contributed by atoms with Crippen LogP contribution in [0.5, 0.6) is 11.5 Å². The van der Waals surface area contributed by atoms with Crippen LogP contribution >= 0.6 is 15.9 Å². The molecule has 9 heteroatoms. The lowest BCUT2D eigenvalue weighted by Gasteiger charge is -2.12. The minimum atomic E-state index is -1.37. The number of carboxylic acid groups (broad SMARTS) is 1. The van der Waals surface area contributed by atoms with Gasteiger partial charge in [0, 0.05) is 15.7 Å². The van der Waals surface area contributed by atoms with Crippen molar-refractivity contribution in [1.29, 1.82) is 0 Å². The van der Waals surface area contributed by atoms with Gasteiger partial charge in [0.2, 0.25) is 6.79 Å². The quantitative estimate of drug-likeness (QED) is 0.495. The number of hydrogen-bond acceptors (Lipinski definition) is 6. The van der Waals surface area contributed by atoms with E-state index in [4.69, 9.17) is 9.47 Å². The minimum Gasteiger partial charge on any atom is -0.545 e. The summed E-state index contributed by atoms with van der Waals surface area (Å²) in [6.45, 7) is 0.102. The fourth-order valence-electron chi connectivity index (χ4n) is 3.05. The molecule has 1 heterocycles. The van der Waals surface area contributed by atoms with Crippen molar-refractivity contribution in [3.05, 3.63) is 93.6 Å². The maximum atomic E-state index is 13.0.